The zero-order valence-electron chi connectivity index (χ0n) is 16.1. The highest BCUT2D eigenvalue weighted by Gasteiger charge is 2.15. The summed E-state index contributed by atoms with van der Waals surface area (Å²) in [5, 5.41) is 16.3. The molecule has 146 valence electrons. The number of nitrogens with zero attached hydrogens (tertiary/aromatic N) is 3. The van der Waals surface area contributed by atoms with E-state index >= 15 is 0 Å². The van der Waals surface area contributed by atoms with Crippen LogP contribution in [-0.2, 0) is 0 Å². The predicted molar refractivity (Wildman–Crippen MR) is 117 cm³/mol. The van der Waals surface area contributed by atoms with Crippen LogP contribution in [0.15, 0.2) is 53.3 Å². The van der Waals surface area contributed by atoms with Gasteiger partial charge in [-0.25, -0.2) is 4.98 Å². The van der Waals surface area contributed by atoms with Gasteiger partial charge < -0.3 is 15.7 Å². The van der Waals surface area contributed by atoms with Crippen LogP contribution >= 0.6 is 15.9 Å². The summed E-state index contributed by atoms with van der Waals surface area (Å²) in [7, 11) is 0. The first-order valence-corrected chi connectivity index (χ1v) is 9.96. The van der Waals surface area contributed by atoms with E-state index in [1.54, 1.807) is 12.4 Å². The van der Waals surface area contributed by atoms with Gasteiger partial charge in [-0.15, -0.1) is 0 Å². The Balaban J connectivity index is 2.00. The Kier molecular flexibility index (Phi) is 6.59. The molecule has 0 aliphatic heterocycles. The third-order valence-corrected chi connectivity index (χ3v) is 5.41. The van der Waals surface area contributed by atoms with Gasteiger partial charge in [0.15, 0.2) is 0 Å². The van der Waals surface area contributed by atoms with Crippen LogP contribution in [0.4, 0.5) is 17.5 Å². The molecule has 0 fully saturated rings. The molecule has 7 heteroatoms. The first-order valence-electron chi connectivity index (χ1n) is 9.17. The molecule has 0 spiro atoms. The Bertz CT molecular complexity index is 933. The van der Waals surface area contributed by atoms with E-state index in [2.05, 4.69) is 41.5 Å². The van der Waals surface area contributed by atoms with Gasteiger partial charge in [-0.05, 0) is 42.7 Å². The van der Waals surface area contributed by atoms with Crippen molar-refractivity contribution in [3.05, 3.63) is 58.8 Å². The van der Waals surface area contributed by atoms with E-state index in [0.29, 0.717) is 11.8 Å². The van der Waals surface area contributed by atoms with Crippen molar-refractivity contribution >= 4 is 33.4 Å². The normalized spacial score (nSPS) is 12.1. The summed E-state index contributed by atoms with van der Waals surface area (Å²) in [5.41, 5.74) is 3.77. The molecule has 0 amide bonds. The van der Waals surface area contributed by atoms with Crippen molar-refractivity contribution < 1.29 is 5.11 Å². The van der Waals surface area contributed by atoms with Crippen molar-refractivity contribution in [2.45, 2.75) is 26.8 Å². The van der Waals surface area contributed by atoms with Gasteiger partial charge in [0.05, 0.1) is 18.3 Å². The Morgan fingerprint density at radius 2 is 1.86 bits per heavy atom. The van der Waals surface area contributed by atoms with Gasteiger partial charge in [0, 0.05) is 34.2 Å². The van der Waals surface area contributed by atoms with Crippen molar-refractivity contribution in [1.82, 2.24) is 15.0 Å². The average molecular weight is 442 g/mol. The number of aliphatic hydroxyl groups excluding tert-OH is 1. The lowest BCUT2D eigenvalue weighted by atomic mass is 10.1. The molecule has 1 atom stereocenters. The average Bonchev–Trinajstić information content (AvgIpc) is 2.70. The summed E-state index contributed by atoms with van der Waals surface area (Å²) in [6.07, 6.45) is 3.47. The maximum Gasteiger partial charge on any atom is 0.225 e. The Labute approximate surface area is 173 Å². The monoisotopic (exact) mass is 441 g/mol. The fraction of sp³-hybridized carbons (Fsp3) is 0.286. The van der Waals surface area contributed by atoms with E-state index in [4.69, 9.17) is 0 Å². The SMILES string of the molecule is Cc1c(Br)cccc1Nc1cc(-c2ccncc2)nc(N[C@H](CO)C(C)C)n1. The van der Waals surface area contributed by atoms with Gasteiger partial charge in [-0.3, -0.25) is 4.98 Å². The third kappa shape index (κ3) is 4.85. The molecule has 0 aliphatic rings. The zero-order valence-corrected chi connectivity index (χ0v) is 17.7. The summed E-state index contributed by atoms with van der Waals surface area (Å²) in [4.78, 5) is 13.3. The number of hydrogen-bond donors (Lipinski definition) is 3. The fourth-order valence-electron chi connectivity index (χ4n) is 2.72. The van der Waals surface area contributed by atoms with E-state index < -0.39 is 0 Å². The number of hydrogen-bond acceptors (Lipinski definition) is 6. The molecule has 0 aliphatic carbocycles. The van der Waals surface area contributed by atoms with Crippen LogP contribution in [0.1, 0.15) is 19.4 Å². The van der Waals surface area contributed by atoms with Gasteiger partial charge in [-0.2, -0.15) is 4.98 Å². The molecule has 3 aromatic rings. The smallest absolute Gasteiger partial charge is 0.225 e. The second kappa shape index (κ2) is 9.12. The number of benzene rings is 1. The van der Waals surface area contributed by atoms with Crippen molar-refractivity contribution in [2.24, 2.45) is 5.92 Å². The standard InChI is InChI=1S/C21H24BrN5O/c1-13(2)19(12-28)26-21-25-18(15-7-9-23-10-8-15)11-20(27-21)24-17-6-4-5-16(22)14(17)3/h4-11,13,19,28H,12H2,1-3H3,(H2,24,25,26,27)/t19-/m1/s1. The van der Waals surface area contributed by atoms with Gasteiger partial charge in [0.25, 0.3) is 0 Å². The van der Waals surface area contributed by atoms with Gasteiger partial charge in [0.2, 0.25) is 5.95 Å². The van der Waals surface area contributed by atoms with Crippen molar-refractivity contribution in [3.63, 3.8) is 0 Å². The summed E-state index contributed by atoms with van der Waals surface area (Å²) >= 11 is 3.56. The van der Waals surface area contributed by atoms with Crippen LogP contribution in [0.25, 0.3) is 11.3 Å². The van der Waals surface area contributed by atoms with Crippen molar-refractivity contribution in [2.75, 3.05) is 17.2 Å². The second-order valence-corrected chi connectivity index (χ2v) is 7.77. The summed E-state index contributed by atoms with van der Waals surface area (Å²) in [5.74, 6) is 1.38. The number of aromatic nitrogens is 3. The van der Waals surface area contributed by atoms with Gasteiger partial charge in [0.1, 0.15) is 5.82 Å². The molecule has 0 radical (unpaired) electrons. The molecule has 0 saturated carbocycles. The summed E-state index contributed by atoms with van der Waals surface area (Å²) in [6, 6.07) is 11.6. The maximum atomic E-state index is 9.67. The predicted octanol–water partition coefficient (Wildman–Crippen LogP) is 4.78. The molecule has 3 N–H and O–H groups in total. The van der Waals surface area contributed by atoms with E-state index in [0.717, 1.165) is 27.0 Å². The zero-order chi connectivity index (χ0) is 20.1. The van der Waals surface area contributed by atoms with E-state index in [1.165, 1.54) is 0 Å². The first kappa shape index (κ1) is 20.2. The second-order valence-electron chi connectivity index (χ2n) is 6.91. The Hall–Kier alpha value is -2.51. The number of halogens is 1. The summed E-state index contributed by atoms with van der Waals surface area (Å²) in [6.45, 7) is 6.14. The molecule has 2 heterocycles. The minimum atomic E-state index is -0.131. The lowest BCUT2D eigenvalue weighted by Crippen LogP contribution is -2.30. The number of nitrogens with one attached hydrogen (secondary N) is 2. The molecule has 6 nitrogen and oxygen atoms in total. The lowest BCUT2D eigenvalue weighted by molar-refractivity contribution is 0.248. The fourth-order valence-corrected chi connectivity index (χ4v) is 3.08. The third-order valence-electron chi connectivity index (χ3n) is 4.55. The number of pyridine rings is 1. The van der Waals surface area contributed by atoms with E-state index in [1.807, 2.05) is 57.2 Å². The van der Waals surface area contributed by atoms with Crippen LogP contribution < -0.4 is 10.6 Å². The first-order chi connectivity index (χ1) is 13.5. The van der Waals surface area contributed by atoms with Crippen molar-refractivity contribution in [1.29, 1.82) is 0 Å². The largest absolute Gasteiger partial charge is 0.394 e. The van der Waals surface area contributed by atoms with Crippen molar-refractivity contribution in [3.8, 4) is 11.3 Å². The van der Waals surface area contributed by atoms with E-state index in [-0.39, 0.29) is 18.6 Å². The topological polar surface area (TPSA) is 83.0 Å². The molecule has 2 aromatic heterocycles. The summed E-state index contributed by atoms with van der Waals surface area (Å²) < 4.78 is 1.03. The van der Waals surface area contributed by atoms with Crippen LogP contribution in [0.5, 0.6) is 0 Å². The molecule has 1 aromatic carbocycles. The van der Waals surface area contributed by atoms with Crippen LogP contribution in [0, 0.1) is 12.8 Å². The van der Waals surface area contributed by atoms with Crippen LogP contribution in [-0.4, -0.2) is 32.7 Å². The molecular formula is C21H24BrN5O. The minimum Gasteiger partial charge on any atom is -0.394 e. The van der Waals surface area contributed by atoms with Crippen LogP contribution in [0.3, 0.4) is 0 Å². The lowest BCUT2D eigenvalue weighted by Gasteiger charge is -2.21. The highest BCUT2D eigenvalue weighted by Crippen LogP contribution is 2.28. The van der Waals surface area contributed by atoms with E-state index in [9.17, 15) is 5.11 Å². The Morgan fingerprint density at radius 1 is 1.11 bits per heavy atom. The molecular weight excluding hydrogens is 418 g/mol. The molecule has 3 rings (SSSR count). The molecule has 0 saturated heterocycles. The van der Waals surface area contributed by atoms with Gasteiger partial charge in [-0.1, -0.05) is 35.8 Å². The number of aliphatic hydroxyl groups is 1. The maximum absolute atomic E-state index is 9.67. The highest BCUT2D eigenvalue weighted by molar-refractivity contribution is 9.10. The minimum absolute atomic E-state index is 0.00795. The number of anilines is 3. The molecule has 0 unspecified atom stereocenters. The Morgan fingerprint density at radius 3 is 2.54 bits per heavy atom. The molecule has 0 bridgehead atoms. The highest BCUT2D eigenvalue weighted by atomic mass is 79.9. The molecule has 28 heavy (non-hydrogen) atoms. The van der Waals surface area contributed by atoms with Gasteiger partial charge >= 0.3 is 0 Å². The quantitative estimate of drug-likeness (QED) is 0.489. The van der Waals surface area contributed by atoms with Crippen LogP contribution in [0.2, 0.25) is 0 Å². The number of rotatable bonds is 7.